The molecule has 0 N–H and O–H groups in total. The summed E-state index contributed by atoms with van der Waals surface area (Å²) in [5.41, 5.74) is 18.4. The number of aromatic nitrogens is 1. The number of benzene rings is 12. The average Bonchev–Trinajstić information content (AvgIpc) is 4.40. The summed E-state index contributed by atoms with van der Waals surface area (Å²) >= 11 is 1.88. The largest absolute Gasteiger partial charge is 0.456 e. The van der Waals surface area contributed by atoms with Crippen LogP contribution in [0.25, 0.3) is 103 Å². The Morgan fingerprint density at radius 1 is 0.325 bits per heavy atom. The van der Waals surface area contributed by atoms with E-state index in [1.54, 1.807) is 0 Å². The molecule has 0 spiro atoms. The van der Waals surface area contributed by atoms with Crippen LogP contribution in [0.15, 0.2) is 290 Å². The van der Waals surface area contributed by atoms with Crippen molar-refractivity contribution in [3.63, 3.8) is 0 Å². The summed E-state index contributed by atoms with van der Waals surface area (Å²) in [7, 11) is 0. The third-order valence-electron chi connectivity index (χ3n) is 15.1. The van der Waals surface area contributed by atoms with Gasteiger partial charge in [-0.25, -0.2) is 0 Å². The molecule has 0 atom stereocenters. The fourth-order valence-electron chi connectivity index (χ4n) is 11.7. The van der Waals surface area contributed by atoms with Gasteiger partial charge in [-0.1, -0.05) is 182 Å². The Hall–Kier alpha value is -9.94. The third-order valence-corrected chi connectivity index (χ3v) is 16.3. The second-order valence-electron chi connectivity index (χ2n) is 19.6. The molecular formula is C72H47N3OS. The number of para-hydroxylation sites is 4. The summed E-state index contributed by atoms with van der Waals surface area (Å²) in [5, 5.41) is 7.06. The molecule has 0 saturated carbocycles. The van der Waals surface area contributed by atoms with Crippen LogP contribution in [0.5, 0.6) is 0 Å². The summed E-state index contributed by atoms with van der Waals surface area (Å²) in [6.45, 7) is 0. The van der Waals surface area contributed by atoms with E-state index in [0.717, 1.165) is 78.4 Å². The van der Waals surface area contributed by atoms with E-state index in [1.165, 1.54) is 58.7 Å². The molecule has 0 saturated heterocycles. The van der Waals surface area contributed by atoms with Gasteiger partial charge in [-0.2, -0.15) is 0 Å². The van der Waals surface area contributed by atoms with Crippen molar-refractivity contribution in [2.24, 2.45) is 0 Å². The summed E-state index contributed by atoms with van der Waals surface area (Å²) in [4.78, 5) is 4.85. The van der Waals surface area contributed by atoms with Crippen LogP contribution in [0.2, 0.25) is 0 Å². The van der Waals surface area contributed by atoms with Crippen molar-refractivity contribution in [2.45, 2.75) is 0 Å². The highest BCUT2D eigenvalue weighted by Crippen LogP contribution is 2.51. The maximum atomic E-state index is 6.62. The molecular weight excluding hydrogens is 955 g/mol. The van der Waals surface area contributed by atoms with Crippen molar-refractivity contribution in [1.29, 1.82) is 0 Å². The van der Waals surface area contributed by atoms with Crippen LogP contribution in [0.1, 0.15) is 0 Å². The summed E-state index contributed by atoms with van der Waals surface area (Å²) in [6, 6.07) is 103. The van der Waals surface area contributed by atoms with Gasteiger partial charge in [0.25, 0.3) is 0 Å². The van der Waals surface area contributed by atoms with Gasteiger partial charge in [0.05, 0.1) is 22.1 Å². The molecule has 0 unspecified atom stereocenters. The Balaban J connectivity index is 1.05. The van der Waals surface area contributed by atoms with E-state index in [0.29, 0.717) is 0 Å². The van der Waals surface area contributed by atoms with Crippen molar-refractivity contribution < 1.29 is 4.42 Å². The van der Waals surface area contributed by atoms with Crippen molar-refractivity contribution in [3.05, 3.63) is 285 Å². The van der Waals surface area contributed by atoms with Crippen LogP contribution in [0.4, 0.5) is 34.1 Å². The van der Waals surface area contributed by atoms with Gasteiger partial charge >= 0.3 is 0 Å². The van der Waals surface area contributed by atoms with Crippen LogP contribution in [-0.2, 0) is 0 Å². The van der Waals surface area contributed by atoms with Gasteiger partial charge in [0, 0.05) is 76.0 Å². The van der Waals surface area contributed by atoms with E-state index in [1.807, 2.05) is 17.4 Å². The van der Waals surface area contributed by atoms with Gasteiger partial charge in [0.15, 0.2) is 0 Å². The van der Waals surface area contributed by atoms with Crippen LogP contribution < -0.4 is 9.80 Å². The zero-order valence-electron chi connectivity index (χ0n) is 41.8. The molecule has 0 bridgehead atoms. The SMILES string of the molecule is c1ccc(-c2ccc(N(c3ccc(-c4ccccc4)cc3)c3cc(-c4cc5c6ccccc6n(-c6ccccc6)c5c5c4sc4ccccc45)cc(N(c4ccccc4)c4cccc5oc6ccccc6c45)c3)cc2)cc1. The second kappa shape index (κ2) is 18.5. The van der Waals surface area contributed by atoms with Gasteiger partial charge in [0.1, 0.15) is 11.2 Å². The van der Waals surface area contributed by atoms with Crippen molar-refractivity contribution in [1.82, 2.24) is 4.57 Å². The van der Waals surface area contributed by atoms with Crippen LogP contribution in [0.3, 0.4) is 0 Å². The molecule has 0 aliphatic rings. The number of nitrogens with zero attached hydrogens (tertiary/aromatic N) is 3. The van der Waals surface area contributed by atoms with Crippen molar-refractivity contribution >= 4 is 109 Å². The zero-order chi connectivity index (χ0) is 50.8. The minimum absolute atomic E-state index is 0.840. The van der Waals surface area contributed by atoms with E-state index in [2.05, 4.69) is 293 Å². The standard InChI is InChI=1S/C72H47N3OS/c1-5-20-48(21-6-1)50-36-40-55(41-37-50)73(56-42-38-51(39-43-56)49-22-7-2-8-23-49)57-44-52(45-58(46-57)74(53-24-9-3-10-25-53)65-32-19-34-67-69(65)60-29-14-17-33-66(60)76-67)62-47-63-59-28-13-16-31-64(59)75(54-26-11-4-12-27-54)71(63)70-61-30-15-18-35-68(61)77-72(62)70/h1-47H. The molecule has 0 aliphatic carbocycles. The lowest BCUT2D eigenvalue weighted by molar-refractivity contribution is 0.669. The Morgan fingerprint density at radius 2 is 0.844 bits per heavy atom. The van der Waals surface area contributed by atoms with Gasteiger partial charge in [-0.05, 0) is 131 Å². The number of hydrogen-bond acceptors (Lipinski definition) is 4. The Bertz CT molecular complexity index is 4580. The summed E-state index contributed by atoms with van der Waals surface area (Å²) in [5.74, 6) is 0. The molecule has 0 radical (unpaired) electrons. The van der Waals surface area contributed by atoms with Gasteiger partial charge in [-0.3, -0.25) is 0 Å². The molecule has 4 nitrogen and oxygen atoms in total. The maximum Gasteiger partial charge on any atom is 0.137 e. The monoisotopic (exact) mass is 1000 g/mol. The minimum atomic E-state index is 0.840. The Labute approximate surface area is 449 Å². The number of thiophene rings is 1. The first-order valence-electron chi connectivity index (χ1n) is 26.1. The van der Waals surface area contributed by atoms with E-state index in [4.69, 9.17) is 4.42 Å². The van der Waals surface area contributed by atoms with Gasteiger partial charge < -0.3 is 18.8 Å². The first-order valence-corrected chi connectivity index (χ1v) is 27.0. The second-order valence-corrected chi connectivity index (χ2v) is 20.7. The average molecular weight is 1000 g/mol. The van der Waals surface area contributed by atoms with Gasteiger partial charge in [0.2, 0.25) is 0 Å². The number of furan rings is 1. The fraction of sp³-hybridized carbons (Fsp3) is 0. The molecule has 15 aromatic rings. The van der Waals surface area contributed by atoms with Gasteiger partial charge in [-0.15, -0.1) is 11.3 Å². The molecule has 3 heterocycles. The van der Waals surface area contributed by atoms with Crippen LogP contribution in [0, 0.1) is 0 Å². The lowest BCUT2D eigenvalue weighted by atomic mass is 9.96. The number of fused-ring (bicyclic) bond motifs is 10. The van der Waals surface area contributed by atoms with Crippen molar-refractivity contribution in [3.8, 4) is 39.1 Å². The molecule has 15 rings (SSSR count). The first kappa shape index (κ1) is 44.5. The van der Waals surface area contributed by atoms with E-state index < -0.39 is 0 Å². The lowest BCUT2D eigenvalue weighted by Crippen LogP contribution is -2.14. The van der Waals surface area contributed by atoms with Crippen LogP contribution in [-0.4, -0.2) is 4.57 Å². The molecule has 0 aliphatic heterocycles. The highest BCUT2D eigenvalue weighted by Gasteiger charge is 2.26. The predicted molar refractivity (Wildman–Crippen MR) is 327 cm³/mol. The molecule has 3 aromatic heterocycles. The summed E-state index contributed by atoms with van der Waals surface area (Å²) in [6.07, 6.45) is 0. The zero-order valence-corrected chi connectivity index (χ0v) is 42.6. The normalized spacial score (nSPS) is 11.6. The molecule has 362 valence electrons. The number of hydrogen-bond donors (Lipinski definition) is 0. The third kappa shape index (κ3) is 7.58. The fourth-order valence-corrected chi connectivity index (χ4v) is 12.9. The topological polar surface area (TPSA) is 24.6 Å². The van der Waals surface area contributed by atoms with E-state index in [-0.39, 0.29) is 0 Å². The van der Waals surface area contributed by atoms with E-state index in [9.17, 15) is 0 Å². The number of rotatable bonds is 10. The molecule has 0 fully saturated rings. The highest BCUT2D eigenvalue weighted by molar-refractivity contribution is 7.26. The minimum Gasteiger partial charge on any atom is -0.456 e. The predicted octanol–water partition coefficient (Wildman–Crippen LogP) is 21.0. The Kier molecular flexibility index (Phi) is 10.7. The number of anilines is 6. The molecule has 77 heavy (non-hydrogen) atoms. The smallest absolute Gasteiger partial charge is 0.137 e. The highest BCUT2D eigenvalue weighted by atomic mass is 32.1. The van der Waals surface area contributed by atoms with E-state index >= 15 is 0 Å². The van der Waals surface area contributed by atoms with Crippen LogP contribution >= 0.6 is 11.3 Å². The molecule has 12 aromatic carbocycles. The van der Waals surface area contributed by atoms with Crippen molar-refractivity contribution in [2.75, 3.05) is 9.80 Å². The molecule has 5 heteroatoms. The quantitative estimate of drug-likeness (QED) is 0.136. The first-order chi connectivity index (χ1) is 38.2. The molecule has 0 amide bonds. The summed E-state index contributed by atoms with van der Waals surface area (Å²) < 4.78 is 11.6. The lowest BCUT2D eigenvalue weighted by Gasteiger charge is -2.31. The Morgan fingerprint density at radius 3 is 1.52 bits per heavy atom. The maximum absolute atomic E-state index is 6.62.